The Morgan fingerprint density at radius 2 is 1.71 bits per heavy atom. The molecular weight excluding hydrogens is 256 g/mol. The zero-order valence-corrected chi connectivity index (χ0v) is 13.8. The van der Waals surface area contributed by atoms with Crippen molar-refractivity contribution in [2.45, 2.75) is 25.7 Å². The maximum Gasteiger partial charge on any atom is 0.0117 e. The Hall–Kier alpha value is -1.38. The van der Waals surface area contributed by atoms with E-state index in [0.717, 1.165) is 13.0 Å². The molecule has 2 aromatic rings. The molecule has 0 aliphatic heterocycles. The van der Waals surface area contributed by atoms with Crippen molar-refractivity contribution in [3.05, 3.63) is 48.0 Å². The van der Waals surface area contributed by atoms with Gasteiger partial charge in [-0.3, -0.25) is 0 Å². The van der Waals surface area contributed by atoms with Crippen molar-refractivity contribution < 1.29 is 0 Å². The molecule has 0 aliphatic rings. The first-order chi connectivity index (χ1) is 10.0. The third kappa shape index (κ3) is 3.12. The Kier molecular flexibility index (Phi) is 5.02. The minimum absolute atomic E-state index is 0.0329. The third-order valence-corrected chi connectivity index (χ3v) is 4.80. The summed E-state index contributed by atoms with van der Waals surface area (Å²) >= 11 is 0. The average molecular weight is 284 g/mol. The van der Waals surface area contributed by atoms with Gasteiger partial charge < -0.3 is 10.6 Å². The van der Waals surface area contributed by atoms with Gasteiger partial charge in [0, 0.05) is 12.0 Å². The molecule has 0 saturated carbocycles. The number of rotatable bonds is 6. The standard InChI is InChI=1S/C19H28N2/c1-15(2)19(14-20,12-13-21(3)4)18-11-7-9-16-8-5-6-10-17(16)18/h5-11,15H,12-14,20H2,1-4H3/t19-/m1/s1. The van der Waals surface area contributed by atoms with Crippen LogP contribution in [0.15, 0.2) is 42.5 Å². The second-order valence-electron chi connectivity index (χ2n) is 6.59. The smallest absolute Gasteiger partial charge is 0.0117 e. The Bertz CT molecular complexity index is 584. The minimum Gasteiger partial charge on any atom is -0.330 e. The van der Waals surface area contributed by atoms with Gasteiger partial charge in [0.2, 0.25) is 0 Å². The van der Waals surface area contributed by atoms with E-state index in [2.05, 4.69) is 75.3 Å². The maximum absolute atomic E-state index is 6.30. The maximum atomic E-state index is 6.30. The SMILES string of the molecule is CC(C)[C@](CN)(CCN(C)C)c1cccc2ccccc12. The molecule has 2 nitrogen and oxygen atoms in total. The number of benzene rings is 2. The van der Waals surface area contributed by atoms with E-state index in [1.54, 1.807) is 0 Å². The van der Waals surface area contributed by atoms with Crippen LogP contribution in [0.2, 0.25) is 0 Å². The number of nitrogens with two attached hydrogens (primary N) is 1. The molecule has 0 saturated heterocycles. The van der Waals surface area contributed by atoms with Crippen molar-refractivity contribution in [3.63, 3.8) is 0 Å². The van der Waals surface area contributed by atoms with E-state index in [0.29, 0.717) is 12.5 Å². The zero-order valence-electron chi connectivity index (χ0n) is 13.8. The Morgan fingerprint density at radius 1 is 1.05 bits per heavy atom. The summed E-state index contributed by atoms with van der Waals surface area (Å²) in [4.78, 5) is 2.25. The van der Waals surface area contributed by atoms with Gasteiger partial charge in [-0.1, -0.05) is 56.3 Å². The molecule has 0 spiro atoms. The lowest BCUT2D eigenvalue weighted by atomic mass is 9.68. The molecule has 1 atom stereocenters. The van der Waals surface area contributed by atoms with Crippen molar-refractivity contribution in [3.8, 4) is 0 Å². The molecule has 0 radical (unpaired) electrons. The number of nitrogens with zero attached hydrogens (tertiary/aromatic N) is 1. The summed E-state index contributed by atoms with van der Waals surface area (Å²) in [5.74, 6) is 0.508. The van der Waals surface area contributed by atoms with Crippen LogP contribution in [0.1, 0.15) is 25.8 Å². The van der Waals surface area contributed by atoms with E-state index in [9.17, 15) is 0 Å². The summed E-state index contributed by atoms with van der Waals surface area (Å²) in [7, 11) is 4.26. The van der Waals surface area contributed by atoms with E-state index in [1.165, 1.54) is 16.3 Å². The molecule has 0 heterocycles. The van der Waals surface area contributed by atoms with Gasteiger partial charge in [-0.05, 0) is 49.3 Å². The summed E-state index contributed by atoms with van der Waals surface area (Å²) in [5, 5.41) is 2.65. The van der Waals surface area contributed by atoms with Crippen LogP contribution >= 0.6 is 0 Å². The van der Waals surface area contributed by atoms with E-state index in [-0.39, 0.29) is 5.41 Å². The molecule has 21 heavy (non-hydrogen) atoms. The molecule has 114 valence electrons. The Balaban J connectivity index is 2.58. The highest BCUT2D eigenvalue weighted by Crippen LogP contribution is 2.39. The highest BCUT2D eigenvalue weighted by atomic mass is 15.0. The van der Waals surface area contributed by atoms with Crippen LogP contribution in [-0.2, 0) is 5.41 Å². The quantitative estimate of drug-likeness (QED) is 0.877. The lowest BCUT2D eigenvalue weighted by Gasteiger charge is -2.39. The molecule has 0 aromatic heterocycles. The van der Waals surface area contributed by atoms with E-state index < -0.39 is 0 Å². The van der Waals surface area contributed by atoms with Gasteiger partial charge in [0.05, 0.1) is 0 Å². The predicted octanol–water partition coefficient (Wildman–Crippen LogP) is 3.64. The monoisotopic (exact) mass is 284 g/mol. The van der Waals surface area contributed by atoms with Crippen LogP contribution in [0.5, 0.6) is 0 Å². The van der Waals surface area contributed by atoms with Crippen LogP contribution in [0.4, 0.5) is 0 Å². The van der Waals surface area contributed by atoms with Crippen LogP contribution in [0.3, 0.4) is 0 Å². The van der Waals surface area contributed by atoms with E-state index in [1.807, 2.05) is 0 Å². The summed E-state index contributed by atoms with van der Waals surface area (Å²) in [6.45, 7) is 6.33. The Morgan fingerprint density at radius 3 is 2.33 bits per heavy atom. The van der Waals surface area contributed by atoms with Gasteiger partial charge in [0.1, 0.15) is 0 Å². The summed E-state index contributed by atoms with van der Waals surface area (Å²) in [6.07, 6.45) is 1.09. The van der Waals surface area contributed by atoms with Crippen LogP contribution in [-0.4, -0.2) is 32.1 Å². The first-order valence-corrected chi connectivity index (χ1v) is 7.84. The van der Waals surface area contributed by atoms with Crippen LogP contribution in [0, 0.1) is 5.92 Å². The molecule has 2 rings (SSSR count). The fraction of sp³-hybridized carbons (Fsp3) is 0.474. The molecule has 0 amide bonds. The molecule has 2 N–H and O–H groups in total. The zero-order chi connectivity index (χ0) is 15.5. The lowest BCUT2D eigenvalue weighted by Crippen LogP contribution is -2.42. The van der Waals surface area contributed by atoms with E-state index in [4.69, 9.17) is 5.73 Å². The summed E-state index contributed by atoms with van der Waals surface area (Å²) in [6, 6.07) is 15.3. The van der Waals surface area contributed by atoms with Gasteiger partial charge in [-0.25, -0.2) is 0 Å². The average Bonchev–Trinajstić information content (AvgIpc) is 2.48. The first-order valence-electron chi connectivity index (χ1n) is 7.84. The van der Waals surface area contributed by atoms with Gasteiger partial charge in [-0.15, -0.1) is 0 Å². The lowest BCUT2D eigenvalue weighted by molar-refractivity contribution is 0.254. The fourth-order valence-corrected chi connectivity index (χ4v) is 3.26. The largest absolute Gasteiger partial charge is 0.330 e. The van der Waals surface area contributed by atoms with Crippen molar-refractivity contribution in [2.24, 2.45) is 11.7 Å². The van der Waals surface area contributed by atoms with Crippen molar-refractivity contribution in [2.75, 3.05) is 27.2 Å². The fourth-order valence-electron chi connectivity index (χ4n) is 3.26. The van der Waals surface area contributed by atoms with Crippen LogP contribution < -0.4 is 5.73 Å². The summed E-state index contributed by atoms with van der Waals surface area (Å²) in [5.41, 5.74) is 7.74. The normalized spacial score (nSPS) is 14.8. The molecule has 0 aliphatic carbocycles. The van der Waals surface area contributed by atoms with Crippen molar-refractivity contribution in [1.29, 1.82) is 0 Å². The van der Waals surface area contributed by atoms with Crippen molar-refractivity contribution in [1.82, 2.24) is 4.90 Å². The first kappa shape index (κ1) is 16.0. The number of fused-ring (bicyclic) bond motifs is 1. The van der Waals surface area contributed by atoms with Gasteiger partial charge in [-0.2, -0.15) is 0 Å². The second-order valence-corrected chi connectivity index (χ2v) is 6.59. The molecule has 0 unspecified atom stereocenters. The highest BCUT2D eigenvalue weighted by Gasteiger charge is 2.35. The van der Waals surface area contributed by atoms with Gasteiger partial charge in [0.15, 0.2) is 0 Å². The predicted molar refractivity (Wildman–Crippen MR) is 92.7 cm³/mol. The highest BCUT2D eigenvalue weighted by molar-refractivity contribution is 5.86. The molecule has 0 bridgehead atoms. The topological polar surface area (TPSA) is 29.3 Å². The molecular formula is C19H28N2. The molecule has 0 fully saturated rings. The van der Waals surface area contributed by atoms with Gasteiger partial charge >= 0.3 is 0 Å². The van der Waals surface area contributed by atoms with E-state index >= 15 is 0 Å². The van der Waals surface area contributed by atoms with Crippen molar-refractivity contribution >= 4 is 10.8 Å². The van der Waals surface area contributed by atoms with Gasteiger partial charge in [0.25, 0.3) is 0 Å². The second kappa shape index (κ2) is 6.59. The van der Waals surface area contributed by atoms with Crippen LogP contribution in [0.25, 0.3) is 10.8 Å². The number of hydrogen-bond donors (Lipinski definition) is 1. The number of hydrogen-bond acceptors (Lipinski definition) is 2. The molecule has 2 heteroatoms. The minimum atomic E-state index is 0.0329. The Labute approximate surface area is 128 Å². The summed E-state index contributed by atoms with van der Waals surface area (Å²) < 4.78 is 0. The molecule has 2 aromatic carbocycles. The third-order valence-electron chi connectivity index (χ3n) is 4.80.